The number of aryl methyl sites for hydroxylation is 1. The van der Waals surface area contributed by atoms with Crippen LogP contribution in [0.5, 0.6) is 5.75 Å². The van der Waals surface area contributed by atoms with Gasteiger partial charge in [-0.05, 0) is 12.1 Å². The first kappa shape index (κ1) is 15.9. The van der Waals surface area contributed by atoms with Gasteiger partial charge in [0.05, 0.1) is 6.61 Å². The predicted octanol–water partition coefficient (Wildman–Crippen LogP) is 0.628. The summed E-state index contributed by atoms with van der Waals surface area (Å²) in [5.41, 5.74) is 0. The van der Waals surface area contributed by atoms with E-state index < -0.39 is 6.10 Å². The minimum absolute atomic E-state index is 0.113. The summed E-state index contributed by atoms with van der Waals surface area (Å²) in [6, 6.07) is 9.52. The van der Waals surface area contributed by atoms with Gasteiger partial charge < -0.3 is 19.1 Å². The number of aliphatic hydroxyl groups is 1. The Balaban J connectivity index is 1.48. The van der Waals surface area contributed by atoms with E-state index in [0.717, 1.165) is 18.1 Å². The van der Waals surface area contributed by atoms with Crippen molar-refractivity contribution in [3.8, 4) is 5.75 Å². The van der Waals surface area contributed by atoms with Crippen LogP contribution >= 0.6 is 0 Å². The van der Waals surface area contributed by atoms with Crippen LogP contribution in [-0.4, -0.2) is 63.7 Å². The Kier molecular flexibility index (Phi) is 5.22. The lowest BCUT2D eigenvalue weighted by Gasteiger charge is -2.33. The fourth-order valence-corrected chi connectivity index (χ4v) is 2.67. The van der Waals surface area contributed by atoms with E-state index in [4.69, 9.17) is 9.47 Å². The normalized spacial score (nSPS) is 20.3. The molecule has 0 aliphatic carbocycles. The third-order valence-corrected chi connectivity index (χ3v) is 3.84. The summed E-state index contributed by atoms with van der Waals surface area (Å²) in [6.45, 7) is 2.91. The number of β-amino-alcohol motifs (C(OH)–C–C–N with tert-alkyl or cyclic N) is 1. The molecule has 2 aromatic rings. The number of aliphatic hydroxyl groups excluding tert-OH is 1. The number of para-hydroxylation sites is 1. The Morgan fingerprint density at radius 1 is 1.39 bits per heavy atom. The molecular weight excluding hydrogens is 296 g/mol. The number of benzene rings is 1. The summed E-state index contributed by atoms with van der Waals surface area (Å²) < 4.78 is 13.2. The van der Waals surface area contributed by atoms with E-state index in [9.17, 15) is 5.11 Å². The molecule has 0 unspecified atom stereocenters. The average molecular weight is 318 g/mol. The molecule has 0 radical (unpaired) electrons. The molecule has 1 aromatic carbocycles. The Labute approximate surface area is 135 Å². The Morgan fingerprint density at radius 3 is 2.96 bits per heavy atom. The van der Waals surface area contributed by atoms with E-state index in [1.54, 1.807) is 6.33 Å². The van der Waals surface area contributed by atoms with Crippen molar-refractivity contribution in [3.05, 3.63) is 42.5 Å². The second-order valence-corrected chi connectivity index (χ2v) is 5.70. The summed E-state index contributed by atoms with van der Waals surface area (Å²) in [7, 11) is 1.90. The largest absolute Gasteiger partial charge is 0.491 e. The average Bonchev–Trinajstić information content (AvgIpc) is 3.00. The maximum absolute atomic E-state index is 10.2. The van der Waals surface area contributed by atoms with Crippen LogP contribution < -0.4 is 4.74 Å². The zero-order chi connectivity index (χ0) is 16.1. The van der Waals surface area contributed by atoms with Crippen molar-refractivity contribution < 1.29 is 14.6 Å². The second kappa shape index (κ2) is 7.54. The Hall–Kier alpha value is -1.96. The molecule has 124 valence electrons. The molecular formula is C16H22N4O3. The highest BCUT2D eigenvalue weighted by atomic mass is 16.5. The first-order chi connectivity index (χ1) is 11.2. The van der Waals surface area contributed by atoms with Crippen LogP contribution in [0.4, 0.5) is 0 Å². The molecule has 1 N–H and O–H groups in total. The molecule has 2 heterocycles. The van der Waals surface area contributed by atoms with Gasteiger partial charge in [-0.15, -0.1) is 10.2 Å². The minimum Gasteiger partial charge on any atom is -0.491 e. The third kappa shape index (κ3) is 4.28. The van der Waals surface area contributed by atoms with Crippen molar-refractivity contribution >= 4 is 0 Å². The molecule has 7 heteroatoms. The third-order valence-electron chi connectivity index (χ3n) is 3.84. The molecule has 0 bridgehead atoms. The van der Waals surface area contributed by atoms with Gasteiger partial charge in [0.25, 0.3) is 0 Å². The van der Waals surface area contributed by atoms with E-state index in [-0.39, 0.29) is 12.7 Å². The minimum atomic E-state index is -0.548. The second-order valence-electron chi connectivity index (χ2n) is 5.70. The quantitative estimate of drug-likeness (QED) is 0.842. The van der Waals surface area contributed by atoms with Gasteiger partial charge in [0, 0.05) is 26.7 Å². The Bertz CT molecular complexity index is 604. The zero-order valence-electron chi connectivity index (χ0n) is 13.2. The molecule has 1 aromatic heterocycles. The molecule has 1 fully saturated rings. The van der Waals surface area contributed by atoms with Crippen LogP contribution in [0.15, 0.2) is 36.7 Å². The number of aromatic nitrogens is 3. The molecule has 7 nitrogen and oxygen atoms in total. The number of hydrogen-bond acceptors (Lipinski definition) is 6. The summed E-state index contributed by atoms with van der Waals surface area (Å²) in [5, 5.41) is 18.2. The van der Waals surface area contributed by atoms with Crippen LogP contribution in [0.25, 0.3) is 0 Å². The molecule has 0 saturated carbocycles. The van der Waals surface area contributed by atoms with Crippen LogP contribution in [0.3, 0.4) is 0 Å². The molecule has 1 saturated heterocycles. The maximum atomic E-state index is 10.2. The van der Waals surface area contributed by atoms with Gasteiger partial charge in [-0.1, -0.05) is 18.2 Å². The van der Waals surface area contributed by atoms with Crippen LogP contribution in [-0.2, 0) is 11.8 Å². The zero-order valence-corrected chi connectivity index (χ0v) is 13.2. The van der Waals surface area contributed by atoms with Gasteiger partial charge in [0.1, 0.15) is 30.9 Å². The Morgan fingerprint density at radius 2 is 2.22 bits per heavy atom. The van der Waals surface area contributed by atoms with Gasteiger partial charge in [0.2, 0.25) is 0 Å². The summed E-state index contributed by atoms with van der Waals surface area (Å²) >= 11 is 0. The molecule has 1 aliphatic rings. The van der Waals surface area contributed by atoms with Crippen LogP contribution in [0.2, 0.25) is 0 Å². The topological polar surface area (TPSA) is 72.6 Å². The van der Waals surface area contributed by atoms with E-state index in [0.29, 0.717) is 19.7 Å². The number of rotatable bonds is 6. The summed E-state index contributed by atoms with van der Waals surface area (Å²) in [5.74, 6) is 1.58. The lowest BCUT2D eigenvalue weighted by Crippen LogP contribution is -2.44. The lowest BCUT2D eigenvalue weighted by atomic mass is 10.2. The van der Waals surface area contributed by atoms with Crippen molar-refractivity contribution in [2.24, 2.45) is 7.05 Å². The van der Waals surface area contributed by atoms with Crippen molar-refractivity contribution in [1.29, 1.82) is 0 Å². The molecule has 0 amide bonds. The summed E-state index contributed by atoms with van der Waals surface area (Å²) in [6.07, 6.45) is 1.01. The monoisotopic (exact) mass is 318 g/mol. The van der Waals surface area contributed by atoms with Gasteiger partial charge in [-0.25, -0.2) is 0 Å². The SMILES string of the molecule is Cn1cnnc1[C@@H]1CN(C[C@H](O)COc2ccccc2)CCO1. The van der Waals surface area contributed by atoms with Crippen molar-refractivity contribution in [1.82, 2.24) is 19.7 Å². The first-order valence-electron chi connectivity index (χ1n) is 7.76. The van der Waals surface area contributed by atoms with Gasteiger partial charge in [-0.2, -0.15) is 0 Å². The van der Waals surface area contributed by atoms with E-state index in [2.05, 4.69) is 15.1 Å². The van der Waals surface area contributed by atoms with Gasteiger partial charge in [-0.3, -0.25) is 4.90 Å². The lowest BCUT2D eigenvalue weighted by molar-refractivity contribution is -0.0506. The van der Waals surface area contributed by atoms with Crippen molar-refractivity contribution in [3.63, 3.8) is 0 Å². The fraction of sp³-hybridized carbons (Fsp3) is 0.500. The molecule has 23 heavy (non-hydrogen) atoms. The maximum Gasteiger partial charge on any atom is 0.163 e. The van der Waals surface area contributed by atoms with E-state index >= 15 is 0 Å². The van der Waals surface area contributed by atoms with Gasteiger partial charge >= 0.3 is 0 Å². The highest BCUT2D eigenvalue weighted by molar-refractivity contribution is 5.20. The summed E-state index contributed by atoms with van der Waals surface area (Å²) in [4.78, 5) is 2.17. The van der Waals surface area contributed by atoms with Crippen LogP contribution in [0.1, 0.15) is 11.9 Å². The molecule has 1 aliphatic heterocycles. The number of morpholine rings is 1. The molecule has 0 spiro atoms. The van der Waals surface area contributed by atoms with Crippen molar-refractivity contribution in [2.45, 2.75) is 12.2 Å². The molecule has 3 rings (SSSR count). The fourth-order valence-electron chi connectivity index (χ4n) is 2.67. The highest BCUT2D eigenvalue weighted by Crippen LogP contribution is 2.20. The smallest absolute Gasteiger partial charge is 0.163 e. The van der Waals surface area contributed by atoms with Crippen LogP contribution in [0, 0.1) is 0 Å². The molecule has 2 atom stereocenters. The van der Waals surface area contributed by atoms with E-state index in [1.165, 1.54) is 0 Å². The standard InChI is InChI=1S/C16H22N4O3/c1-19-12-17-18-16(19)15-10-20(7-8-22-15)9-13(21)11-23-14-5-3-2-4-6-14/h2-6,12-13,15,21H,7-11H2,1H3/t13-,15-/m0/s1. The predicted molar refractivity (Wildman–Crippen MR) is 84.1 cm³/mol. The number of hydrogen-bond donors (Lipinski definition) is 1. The number of ether oxygens (including phenoxy) is 2. The van der Waals surface area contributed by atoms with E-state index in [1.807, 2.05) is 41.9 Å². The van der Waals surface area contributed by atoms with Gasteiger partial charge in [0.15, 0.2) is 5.82 Å². The highest BCUT2D eigenvalue weighted by Gasteiger charge is 2.26. The van der Waals surface area contributed by atoms with Crippen molar-refractivity contribution in [2.75, 3.05) is 32.8 Å². The first-order valence-corrected chi connectivity index (χ1v) is 7.76. The number of nitrogens with zero attached hydrogens (tertiary/aromatic N) is 4.